The summed E-state index contributed by atoms with van der Waals surface area (Å²) in [5, 5.41) is 2.56. The van der Waals surface area contributed by atoms with Crippen LogP contribution < -0.4 is 5.43 Å². The first-order valence-electron chi connectivity index (χ1n) is 5.01. The predicted octanol–water partition coefficient (Wildman–Crippen LogP) is 4.28. The van der Waals surface area contributed by atoms with Crippen molar-refractivity contribution in [3.63, 3.8) is 0 Å². The quantitative estimate of drug-likeness (QED) is 0.671. The summed E-state index contributed by atoms with van der Waals surface area (Å²) < 4.78 is 6.61. The lowest BCUT2D eigenvalue weighted by atomic mass is 10.2. The van der Waals surface area contributed by atoms with E-state index in [4.69, 9.17) is 4.42 Å². The van der Waals surface area contributed by atoms with Crippen molar-refractivity contribution in [3.05, 3.63) is 56.5 Å². The third-order valence-corrected chi connectivity index (χ3v) is 3.83. The van der Waals surface area contributed by atoms with Crippen LogP contribution in [0.5, 0.6) is 0 Å². The van der Waals surface area contributed by atoms with E-state index in [1.807, 2.05) is 23.6 Å². The van der Waals surface area contributed by atoms with Crippen LogP contribution in [0.4, 0.5) is 0 Å². The van der Waals surface area contributed by atoms with Crippen LogP contribution in [0, 0.1) is 0 Å². The third kappa shape index (κ3) is 1.94. The second-order valence-electron chi connectivity index (χ2n) is 3.59. The van der Waals surface area contributed by atoms with Gasteiger partial charge in [0.05, 0.1) is 10.3 Å². The molecule has 0 fully saturated rings. The van der Waals surface area contributed by atoms with Gasteiger partial charge in [-0.1, -0.05) is 22.0 Å². The molecule has 0 saturated carbocycles. The molecule has 2 heterocycles. The van der Waals surface area contributed by atoms with Crippen LogP contribution in [0.15, 0.2) is 55.5 Å². The maximum atomic E-state index is 12.0. The Morgan fingerprint density at radius 2 is 2.06 bits per heavy atom. The summed E-state index contributed by atoms with van der Waals surface area (Å²) in [7, 11) is 0. The third-order valence-electron chi connectivity index (χ3n) is 2.45. The van der Waals surface area contributed by atoms with Crippen molar-refractivity contribution in [3.8, 4) is 10.6 Å². The molecule has 84 valence electrons. The van der Waals surface area contributed by atoms with E-state index < -0.39 is 0 Å². The summed E-state index contributed by atoms with van der Waals surface area (Å²) >= 11 is 4.90. The zero-order chi connectivity index (χ0) is 11.8. The van der Waals surface area contributed by atoms with Crippen molar-refractivity contribution in [2.24, 2.45) is 0 Å². The van der Waals surface area contributed by atoms with E-state index in [1.54, 1.807) is 29.5 Å². The minimum absolute atomic E-state index is 0.0176. The van der Waals surface area contributed by atoms with Crippen LogP contribution in [0.25, 0.3) is 21.6 Å². The summed E-state index contributed by atoms with van der Waals surface area (Å²) in [6.45, 7) is 0. The smallest absolute Gasteiger partial charge is 0.193 e. The highest BCUT2D eigenvalue weighted by Crippen LogP contribution is 2.27. The van der Waals surface area contributed by atoms with Gasteiger partial charge in [0.2, 0.25) is 0 Å². The van der Waals surface area contributed by atoms with Crippen molar-refractivity contribution in [1.82, 2.24) is 0 Å². The van der Waals surface area contributed by atoms with E-state index in [2.05, 4.69) is 15.9 Å². The summed E-state index contributed by atoms with van der Waals surface area (Å²) in [5.41, 5.74) is 0.597. The largest absolute Gasteiger partial charge is 0.455 e. The van der Waals surface area contributed by atoms with Crippen molar-refractivity contribution in [2.75, 3.05) is 0 Å². The maximum absolute atomic E-state index is 12.0. The molecule has 2 aromatic heterocycles. The number of hydrogen-bond acceptors (Lipinski definition) is 3. The first-order valence-corrected chi connectivity index (χ1v) is 6.68. The molecule has 0 unspecified atom stereocenters. The highest BCUT2D eigenvalue weighted by molar-refractivity contribution is 9.10. The minimum atomic E-state index is -0.0176. The lowest BCUT2D eigenvalue weighted by Gasteiger charge is -2.01. The molecule has 0 saturated heterocycles. The van der Waals surface area contributed by atoms with Gasteiger partial charge in [-0.15, -0.1) is 11.3 Å². The fourth-order valence-corrected chi connectivity index (χ4v) is 2.71. The van der Waals surface area contributed by atoms with Gasteiger partial charge in [-0.05, 0) is 29.6 Å². The number of rotatable bonds is 1. The molecular formula is C13H7BrO2S. The van der Waals surface area contributed by atoms with Gasteiger partial charge in [-0.25, -0.2) is 0 Å². The average molecular weight is 307 g/mol. The molecule has 0 N–H and O–H groups in total. The van der Waals surface area contributed by atoms with Crippen LogP contribution in [0.3, 0.4) is 0 Å². The molecule has 0 aliphatic carbocycles. The van der Waals surface area contributed by atoms with Crippen LogP contribution in [0.2, 0.25) is 0 Å². The SMILES string of the molecule is O=c1cc(-c2cccs2)oc2ccc(Br)cc12. The summed E-state index contributed by atoms with van der Waals surface area (Å²) in [6.07, 6.45) is 0. The van der Waals surface area contributed by atoms with Crippen LogP contribution >= 0.6 is 27.3 Å². The first-order chi connectivity index (χ1) is 8.24. The first kappa shape index (κ1) is 10.7. The zero-order valence-electron chi connectivity index (χ0n) is 8.64. The topological polar surface area (TPSA) is 30.2 Å². The Kier molecular flexibility index (Phi) is 2.61. The zero-order valence-corrected chi connectivity index (χ0v) is 11.0. The molecular weight excluding hydrogens is 300 g/mol. The Morgan fingerprint density at radius 3 is 2.82 bits per heavy atom. The summed E-state index contributed by atoms with van der Waals surface area (Å²) in [4.78, 5) is 12.9. The van der Waals surface area contributed by atoms with Crippen LogP contribution in [0.1, 0.15) is 0 Å². The molecule has 17 heavy (non-hydrogen) atoms. The second kappa shape index (κ2) is 4.13. The van der Waals surface area contributed by atoms with Gasteiger partial charge in [0.1, 0.15) is 11.3 Å². The Morgan fingerprint density at radius 1 is 1.18 bits per heavy atom. The molecule has 0 spiro atoms. The van der Waals surface area contributed by atoms with E-state index >= 15 is 0 Å². The highest BCUT2D eigenvalue weighted by atomic mass is 79.9. The highest BCUT2D eigenvalue weighted by Gasteiger charge is 2.07. The minimum Gasteiger partial charge on any atom is -0.455 e. The average Bonchev–Trinajstić information content (AvgIpc) is 2.83. The fourth-order valence-electron chi connectivity index (χ4n) is 1.67. The molecule has 3 rings (SSSR count). The van der Waals surface area contributed by atoms with E-state index in [0.717, 1.165) is 9.35 Å². The standard InChI is InChI=1S/C13H7BrO2S/c14-8-3-4-11-9(6-8)10(15)7-12(16-11)13-2-1-5-17-13/h1-7H. The van der Waals surface area contributed by atoms with Gasteiger partial charge < -0.3 is 4.42 Å². The molecule has 0 aliphatic rings. The molecule has 1 aromatic carbocycles. The van der Waals surface area contributed by atoms with E-state index in [1.165, 1.54) is 0 Å². The molecule has 3 aromatic rings. The number of fused-ring (bicyclic) bond motifs is 1. The fraction of sp³-hybridized carbons (Fsp3) is 0. The van der Waals surface area contributed by atoms with Gasteiger partial charge in [0.25, 0.3) is 0 Å². The predicted molar refractivity (Wildman–Crippen MR) is 73.5 cm³/mol. The van der Waals surface area contributed by atoms with Crippen LogP contribution in [-0.2, 0) is 0 Å². The molecule has 0 bridgehead atoms. The normalized spacial score (nSPS) is 10.9. The number of benzene rings is 1. The second-order valence-corrected chi connectivity index (χ2v) is 5.46. The monoisotopic (exact) mass is 306 g/mol. The van der Waals surface area contributed by atoms with E-state index in [0.29, 0.717) is 16.7 Å². The molecule has 0 amide bonds. The van der Waals surface area contributed by atoms with Gasteiger partial charge in [0.15, 0.2) is 5.43 Å². The van der Waals surface area contributed by atoms with Gasteiger partial charge in [0, 0.05) is 10.5 Å². The summed E-state index contributed by atoms with van der Waals surface area (Å²) in [6, 6.07) is 10.9. The summed E-state index contributed by atoms with van der Waals surface area (Å²) in [5.74, 6) is 0.625. The number of thiophene rings is 1. The Bertz CT molecular complexity index is 729. The van der Waals surface area contributed by atoms with Gasteiger partial charge in [-0.2, -0.15) is 0 Å². The lowest BCUT2D eigenvalue weighted by Crippen LogP contribution is -1.99. The van der Waals surface area contributed by atoms with Gasteiger partial charge >= 0.3 is 0 Å². The van der Waals surface area contributed by atoms with E-state index in [9.17, 15) is 4.79 Å². The van der Waals surface area contributed by atoms with Crippen molar-refractivity contribution in [2.45, 2.75) is 0 Å². The van der Waals surface area contributed by atoms with E-state index in [-0.39, 0.29) is 5.43 Å². The molecule has 0 aliphatic heterocycles. The Hall–Kier alpha value is -1.39. The molecule has 0 atom stereocenters. The lowest BCUT2D eigenvalue weighted by molar-refractivity contribution is 0.620. The van der Waals surface area contributed by atoms with Crippen molar-refractivity contribution in [1.29, 1.82) is 0 Å². The Balaban J connectivity index is 2.32. The molecule has 0 radical (unpaired) electrons. The van der Waals surface area contributed by atoms with Crippen molar-refractivity contribution < 1.29 is 4.42 Å². The molecule has 2 nitrogen and oxygen atoms in total. The van der Waals surface area contributed by atoms with Crippen molar-refractivity contribution >= 4 is 38.2 Å². The molecule has 4 heteroatoms. The van der Waals surface area contributed by atoms with Gasteiger partial charge in [-0.3, -0.25) is 4.79 Å². The number of hydrogen-bond donors (Lipinski definition) is 0. The maximum Gasteiger partial charge on any atom is 0.193 e. The Labute approximate surface area is 110 Å². The number of halogens is 1. The van der Waals surface area contributed by atoms with Crippen LogP contribution in [-0.4, -0.2) is 0 Å².